The monoisotopic (exact) mass is 297 g/mol. The van der Waals surface area contributed by atoms with Gasteiger partial charge in [0.15, 0.2) is 5.79 Å². The van der Waals surface area contributed by atoms with E-state index < -0.39 is 0 Å². The third-order valence-electron chi connectivity index (χ3n) is 4.94. The Morgan fingerprint density at radius 1 is 1.33 bits per heavy atom. The molecule has 21 heavy (non-hydrogen) atoms. The van der Waals surface area contributed by atoms with Crippen LogP contribution in [0.15, 0.2) is 0 Å². The molecule has 1 spiro atoms. The number of nitrogens with zero attached hydrogens (tertiary/aromatic N) is 1. The van der Waals surface area contributed by atoms with Gasteiger partial charge in [0.05, 0.1) is 13.2 Å². The van der Waals surface area contributed by atoms with Crippen LogP contribution in [0.1, 0.15) is 32.6 Å². The van der Waals surface area contributed by atoms with Crippen LogP contribution in [0.2, 0.25) is 0 Å². The summed E-state index contributed by atoms with van der Waals surface area (Å²) in [7, 11) is 0. The van der Waals surface area contributed by atoms with Gasteiger partial charge in [0.2, 0.25) is 5.91 Å². The molecule has 0 bridgehead atoms. The van der Waals surface area contributed by atoms with E-state index in [1.807, 2.05) is 6.92 Å². The summed E-state index contributed by atoms with van der Waals surface area (Å²) < 4.78 is 11.6. The summed E-state index contributed by atoms with van der Waals surface area (Å²) in [6.45, 7) is 6.77. The van der Waals surface area contributed by atoms with Crippen LogP contribution >= 0.6 is 0 Å². The Labute approximate surface area is 126 Å². The Bertz CT molecular complexity index is 361. The van der Waals surface area contributed by atoms with E-state index in [4.69, 9.17) is 9.47 Å². The molecule has 1 aliphatic carbocycles. The summed E-state index contributed by atoms with van der Waals surface area (Å²) in [6, 6.07) is 0.432. The first-order valence-electron chi connectivity index (χ1n) is 8.26. The van der Waals surface area contributed by atoms with E-state index in [-0.39, 0.29) is 17.7 Å². The number of likely N-dealkylation sites (N-methyl/N-ethyl adjacent to an activating group) is 1. The van der Waals surface area contributed by atoms with E-state index in [2.05, 4.69) is 15.5 Å². The third-order valence-corrected chi connectivity index (χ3v) is 4.94. The lowest BCUT2D eigenvalue weighted by molar-refractivity contribution is -0.185. The van der Waals surface area contributed by atoms with Crippen LogP contribution < -0.4 is 10.6 Å². The van der Waals surface area contributed by atoms with Crippen LogP contribution in [-0.2, 0) is 14.3 Å². The van der Waals surface area contributed by atoms with Gasteiger partial charge < -0.3 is 20.1 Å². The average molecular weight is 297 g/mol. The Balaban J connectivity index is 1.60. The number of ether oxygens (including phenoxy) is 2. The smallest absolute Gasteiger partial charge is 0.238 e. The van der Waals surface area contributed by atoms with Crippen LogP contribution in [0.5, 0.6) is 0 Å². The zero-order valence-corrected chi connectivity index (χ0v) is 12.9. The number of piperazine rings is 1. The van der Waals surface area contributed by atoms with E-state index in [0.29, 0.717) is 12.6 Å². The van der Waals surface area contributed by atoms with Crippen molar-refractivity contribution in [3.05, 3.63) is 0 Å². The SMILES string of the molecule is CCNC(=O)C1CNCCN1C1CCC2(CC1)OCCO2. The highest BCUT2D eigenvalue weighted by Crippen LogP contribution is 2.37. The van der Waals surface area contributed by atoms with Crippen molar-refractivity contribution in [1.29, 1.82) is 0 Å². The van der Waals surface area contributed by atoms with Gasteiger partial charge in [0, 0.05) is 45.1 Å². The highest BCUT2D eigenvalue weighted by Gasteiger charge is 2.43. The minimum absolute atomic E-state index is 0.0387. The lowest BCUT2D eigenvalue weighted by Crippen LogP contribution is -2.61. The molecule has 1 saturated carbocycles. The van der Waals surface area contributed by atoms with Crippen molar-refractivity contribution in [1.82, 2.24) is 15.5 Å². The minimum atomic E-state index is -0.314. The highest BCUT2D eigenvalue weighted by atomic mass is 16.7. The summed E-state index contributed by atoms with van der Waals surface area (Å²) in [5.41, 5.74) is 0. The lowest BCUT2D eigenvalue weighted by atomic mass is 9.88. The number of carbonyl (C=O) groups excluding carboxylic acids is 1. The van der Waals surface area contributed by atoms with Gasteiger partial charge in [-0.3, -0.25) is 9.69 Å². The van der Waals surface area contributed by atoms with Crippen molar-refractivity contribution >= 4 is 5.91 Å². The molecule has 3 aliphatic rings. The molecule has 3 fully saturated rings. The van der Waals surface area contributed by atoms with Crippen LogP contribution in [0.25, 0.3) is 0 Å². The maximum atomic E-state index is 12.3. The summed E-state index contributed by atoms with van der Waals surface area (Å²) in [5.74, 6) is -0.163. The first-order chi connectivity index (χ1) is 10.2. The molecule has 1 unspecified atom stereocenters. The zero-order valence-electron chi connectivity index (χ0n) is 12.9. The summed E-state index contributed by atoms with van der Waals surface area (Å²) in [6.07, 6.45) is 4.00. The molecule has 6 heteroatoms. The maximum absolute atomic E-state index is 12.3. The second-order valence-corrected chi connectivity index (χ2v) is 6.19. The fourth-order valence-corrected chi connectivity index (χ4v) is 3.85. The van der Waals surface area contributed by atoms with E-state index >= 15 is 0 Å². The number of carbonyl (C=O) groups is 1. The molecule has 0 aromatic carbocycles. The molecule has 1 amide bonds. The Hall–Kier alpha value is -0.690. The molecule has 2 saturated heterocycles. The summed E-state index contributed by atoms with van der Waals surface area (Å²) >= 11 is 0. The number of amides is 1. The zero-order chi connectivity index (χ0) is 14.7. The molecule has 0 aromatic heterocycles. The molecular weight excluding hydrogens is 270 g/mol. The van der Waals surface area contributed by atoms with Crippen molar-refractivity contribution in [2.45, 2.75) is 50.5 Å². The Morgan fingerprint density at radius 3 is 2.71 bits per heavy atom. The van der Waals surface area contributed by atoms with Gasteiger partial charge in [0.1, 0.15) is 6.04 Å². The topological polar surface area (TPSA) is 62.8 Å². The van der Waals surface area contributed by atoms with E-state index in [0.717, 1.165) is 58.5 Å². The van der Waals surface area contributed by atoms with Gasteiger partial charge in [-0.05, 0) is 19.8 Å². The fraction of sp³-hybridized carbons (Fsp3) is 0.933. The standard InChI is InChI=1S/C15H27N3O3/c1-2-17-14(19)13-11-16-7-8-18(13)12-3-5-15(6-4-12)20-9-10-21-15/h12-13,16H,2-11H2,1H3,(H,17,19). The predicted molar refractivity (Wildman–Crippen MR) is 78.9 cm³/mol. The van der Waals surface area contributed by atoms with Crippen molar-refractivity contribution in [2.24, 2.45) is 0 Å². The minimum Gasteiger partial charge on any atom is -0.355 e. The molecule has 2 aliphatic heterocycles. The highest BCUT2D eigenvalue weighted by molar-refractivity contribution is 5.82. The van der Waals surface area contributed by atoms with Crippen molar-refractivity contribution in [2.75, 3.05) is 39.4 Å². The second-order valence-electron chi connectivity index (χ2n) is 6.19. The molecule has 3 rings (SSSR count). The molecule has 1 atom stereocenters. The fourth-order valence-electron chi connectivity index (χ4n) is 3.85. The summed E-state index contributed by atoms with van der Waals surface area (Å²) in [5, 5.41) is 6.30. The molecule has 2 N–H and O–H groups in total. The predicted octanol–water partition coefficient (Wildman–Crippen LogP) is 0.0820. The van der Waals surface area contributed by atoms with Gasteiger partial charge in [-0.1, -0.05) is 0 Å². The van der Waals surface area contributed by atoms with E-state index in [1.54, 1.807) is 0 Å². The molecule has 0 aromatic rings. The normalized spacial score (nSPS) is 30.6. The van der Waals surface area contributed by atoms with Gasteiger partial charge >= 0.3 is 0 Å². The molecular formula is C15H27N3O3. The van der Waals surface area contributed by atoms with Crippen molar-refractivity contribution < 1.29 is 14.3 Å². The van der Waals surface area contributed by atoms with Crippen molar-refractivity contribution in [3.63, 3.8) is 0 Å². The number of hydrogen-bond acceptors (Lipinski definition) is 5. The summed E-state index contributed by atoms with van der Waals surface area (Å²) in [4.78, 5) is 14.7. The first-order valence-corrected chi connectivity index (χ1v) is 8.26. The number of hydrogen-bond donors (Lipinski definition) is 2. The second kappa shape index (κ2) is 6.60. The van der Waals surface area contributed by atoms with Crippen LogP contribution in [0.4, 0.5) is 0 Å². The van der Waals surface area contributed by atoms with Crippen LogP contribution in [0, 0.1) is 0 Å². The third kappa shape index (κ3) is 3.23. The molecule has 6 nitrogen and oxygen atoms in total. The first kappa shape index (κ1) is 15.2. The lowest BCUT2D eigenvalue weighted by Gasteiger charge is -2.45. The van der Waals surface area contributed by atoms with Gasteiger partial charge in [0.25, 0.3) is 0 Å². The molecule has 0 radical (unpaired) electrons. The van der Waals surface area contributed by atoms with Crippen LogP contribution in [0.3, 0.4) is 0 Å². The Kier molecular flexibility index (Phi) is 4.78. The number of nitrogens with one attached hydrogen (secondary N) is 2. The van der Waals surface area contributed by atoms with Crippen molar-refractivity contribution in [3.8, 4) is 0 Å². The Morgan fingerprint density at radius 2 is 2.05 bits per heavy atom. The largest absolute Gasteiger partial charge is 0.355 e. The van der Waals surface area contributed by atoms with Gasteiger partial charge in [-0.15, -0.1) is 0 Å². The quantitative estimate of drug-likeness (QED) is 0.772. The number of rotatable bonds is 3. The van der Waals surface area contributed by atoms with E-state index in [9.17, 15) is 4.79 Å². The van der Waals surface area contributed by atoms with Gasteiger partial charge in [-0.25, -0.2) is 0 Å². The average Bonchev–Trinajstić information content (AvgIpc) is 2.97. The molecule has 120 valence electrons. The van der Waals surface area contributed by atoms with Crippen LogP contribution in [-0.4, -0.2) is 68.1 Å². The van der Waals surface area contributed by atoms with Gasteiger partial charge in [-0.2, -0.15) is 0 Å². The molecule has 2 heterocycles. The van der Waals surface area contributed by atoms with E-state index in [1.165, 1.54) is 0 Å². The maximum Gasteiger partial charge on any atom is 0.238 e.